The topological polar surface area (TPSA) is 41.5 Å². The third kappa shape index (κ3) is 4.89. The van der Waals surface area contributed by atoms with E-state index in [2.05, 4.69) is 31.3 Å². The monoisotopic (exact) mass is 366 g/mol. The molecule has 130 valence electrons. The smallest absolute Gasteiger partial charge is 0.205 e. The maximum Gasteiger partial charge on any atom is 0.205 e. The number of aromatic nitrogens is 2. The van der Waals surface area contributed by atoms with Gasteiger partial charge in [0.2, 0.25) is 5.13 Å². The highest BCUT2D eigenvalue weighted by Crippen LogP contribution is 2.20. The third-order valence-corrected chi connectivity index (χ3v) is 5.23. The molecule has 0 N–H and O–H groups in total. The van der Waals surface area contributed by atoms with E-state index in [9.17, 15) is 0 Å². The van der Waals surface area contributed by atoms with Crippen LogP contribution in [-0.2, 0) is 17.7 Å². The largest absolute Gasteiger partial charge is 0.384 e. The maximum absolute atomic E-state index is 5.96. The van der Waals surface area contributed by atoms with Gasteiger partial charge in [-0.25, -0.2) is 4.98 Å². The molecule has 0 amide bonds. The standard InChI is InChI=1S/C17H23ClN4OS/c1-23-12-7-16-19-17(24-20-16)22-9-2-8-21(10-11-22)13-14-3-5-15(18)6-4-14/h3-6H,2,7-13H2,1H3. The molecule has 5 nitrogen and oxygen atoms in total. The van der Waals surface area contributed by atoms with Crippen molar-refractivity contribution in [1.29, 1.82) is 0 Å². The zero-order valence-corrected chi connectivity index (χ0v) is 15.5. The Kier molecular flexibility index (Phi) is 6.43. The number of nitrogens with zero attached hydrogens (tertiary/aromatic N) is 4. The number of halogens is 1. The van der Waals surface area contributed by atoms with Gasteiger partial charge in [0.25, 0.3) is 0 Å². The van der Waals surface area contributed by atoms with Gasteiger partial charge >= 0.3 is 0 Å². The highest BCUT2D eigenvalue weighted by atomic mass is 35.5. The molecule has 24 heavy (non-hydrogen) atoms. The molecule has 1 aromatic carbocycles. The summed E-state index contributed by atoms with van der Waals surface area (Å²) < 4.78 is 9.53. The summed E-state index contributed by atoms with van der Waals surface area (Å²) >= 11 is 7.46. The Labute approximate surface area is 152 Å². The van der Waals surface area contributed by atoms with E-state index in [1.807, 2.05) is 12.1 Å². The van der Waals surface area contributed by atoms with E-state index in [-0.39, 0.29) is 0 Å². The van der Waals surface area contributed by atoms with Gasteiger partial charge in [-0.2, -0.15) is 4.37 Å². The third-order valence-electron chi connectivity index (χ3n) is 4.17. The van der Waals surface area contributed by atoms with E-state index in [0.29, 0.717) is 6.61 Å². The van der Waals surface area contributed by atoms with Crippen LogP contribution in [0, 0.1) is 0 Å². The summed E-state index contributed by atoms with van der Waals surface area (Å²) in [5.74, 6) is 0.888. The van der Waals surface area contributed by atoms with Crippen molar-refractivity contribution in [2.75, 3.05) is 44.8 Å². The van der Waals surface area contributed by atoms with Crippen molar-refractivity contribution in [3.8, 4) is 0 Å². The summed E-state index contributed by atoms with van der Waals surface area (Å²) in [4.78, 5) is 9.51. The first-order chi connectivity index (χ1) is 11.7. The van der Waals surface area contributed by atoms with Crippen LogP contribution in [0.2, 0.25) is 5.02 Å². The fourth-order valence-corrected chi connectivity index (χ4v) is 3.73. The lowest BCUT2D eigenvalue weighted by molar-refractivity contribution is 0.201. The van der Waals surface area contributed by atoms with Crippen LogP contribution in [0.3, 0.4) is 0 Å². The second-order valence-electron chi connectivity index (χ2n) is 5.98. The van der Waals surface area contributed by atoms with Gasteiger partial charge < -0.3 is 9.64 Å². The molecular formula is C17H23ClN4OS. The Morgan fingerprint density at radius 1 is 1.17 bits per heavy atom. The van der Waals surface area contributed by atoms with Crippen molar-refractivity contribution < 1.29 is 4.74 Å². The fraction of sp³-hybridized carbons (Fsp3) is 0.529. The first-order valence-corrected chi connectivity index (χ1v) is 9.43. The van der Waals surface area contributed by atoms with Gasteiger partial charge in [0.1, 0.15) is 5.82 Å². The van der Waals surface area contributed by atoms with Crippen molar-refractivity contribution in [3.05, 3.63) is 40.7 Å². The number of rotatable bonds is 6. The van der Waals surface area contributed by atoms with Crippen LogP contribution in [0.25, 0.3) is 0 Å². The molecule has 0 bridgehead atoms. The SMILES string of the molecule is COCCc1nsc(N2CCCN(Cc3ccc(Cl)cc3)CC2)n1. The number of ether oxygens (including phenoxy) is 1. The van der Waals surface area contributed by atoms with E-state index in [1.54, 1.807) is 7.11 Å². The van der Waals surface area contributed by atoms with E-state index in [4.69, 9.17) is 16.3 Å². The summed E-state index contributed by atoms with van der Waals surface area (Å²) in [5, 5.41) is 1.83. The zero-order chi connectivity index (χ0) is 16.8. The Morgan fingerprint density at radius 3 is 2.79 bits per heavy atom. The normalized spacial score (nSPS) is 16.3. The van der Waals surface area contributed by atoms with Crippen molar-refractivity contribution in [2.45, 2.75) is 19.4 Å². The van der Waals surface area contributed by atoms with Crippen LogP contribution in [0.5, 0.6) is 0 Å². The summed E-state index contributed by atoms with van der Waals surface area (Å²) in [6, 6.07) is 8.14. The lowest BCUT2D eigenvalue weighted by Crippen LogP contribution is -2.30. The van der Waals surface area contributed by atoms with Gasteiger partial charge in [-0.15, -0.1) is 0 Å². The molecule has 1 aliphatic heterocycles. The van der Waals surface area contributed by atoms with Crippen LogP contribution >= 0.6 is 23.1 Å². The molecule has 1 aromatic heterocycles. The molecule has 1 aliphatic rings. The molecule has 0 atom stereocenters. The second kappa shape index (κ2) is 8.76. The maximum atomic E-state index is 5.96. The molecule has 0 radical (unpaired) electrons. The minimum absolute atomic E-state index is 0.672. The molecule has 2 aromatic rings. The van der Waals surface area contributed by atoms with Gasteiger partial charge in [0.15, 0.2) is 0 Å². The lowest BCUT2D eigenvalue weighted by atomic mass is 10.2. The summed E-state index contributed by atoms with van der Waals surface area (Å²) in [6.07, 6.45) is 1.92. The van der Waals surface area contributed by atoms with Crippen LogP contribution in [0.4, 0.5) is 5.13 Å². The fourth-order valence-electron chi connectivity index (χ4n) is 2.84. The zero-order valence-electron chi connectivity index (χ0n) is 13.9. The van der Waals surface area contributed by atoms with E-state index < -0.39 is 0 Å². The second-order valence-corrected chi connectivity index (χ2v) is 7.15. The Bertz CT molecular complexity index is 634. The van der Waals surface area contributed by atoms with Crippen molar-refractivity contribution >= 4 is 28.3 Å². The van der Waals surface area contributed by atoms with Gasteiger partial charge in [0, 0.05) is 62.8 Å². The predicted molar refractivity (Wildman–Crippen MR) is 99.0 cm³/mol. The van der Waals surface area contributed by atoms with Gasteiger partial charge in [-0.3, -0.25) is 4.90 Å². The van der Waals surface area contributed by atoms with E-state index in [1.165, 1.54) is 17.1 Å². The molecule has 1 saturated heterocycles. The molecule has 3 rings (SSSR count). The summed E-state index contributed by atoms with van der Waals surface area (Å²) in [7, 11) is 1.71. The molecule has 0 saturated carbocycles. The summed E-state index contributed by atoms with van der Waals surface area (Å²) in [5.41, 5.74) is 1.31. The molecule has 0 spiro atoms. The van der Waals surface area contributed by atoms with Crippen LogP contribution in [-0.4, -0.2) is 54.2 Å². The highest BCUT2D eigenvalue weighted by molar-refractivity contribution is 7.09. The number of methoxy groups -OCH3 is 1. The van der Waals surface area contributed by atoms with E-state index >= 15 is 0 Å². The molecule has 0 unspecified atom stereocenters. The molecule has 2 heterocycles. The van der Waals surface area contributed by atoms with Gasteiger partial charge in [0.05, 0.1) is 6.61 Å². The molecule has 1 fully saturated rings. The van der Waals surface area contributed by atoms with Crippen molar-refractivity contribution in [2.24, 2.45) is 0 Å². The average molecular weight is 367 g/mol. The number of benzene rings is 1. The van der Waals surface area contributed by atoms with E-state index in [0.717, 1.165) is 61.5 Å². The van der Waals surface area contributed by atoms with Crippen LogP contribution < -0.4 is 4.90 Å². The first-order valence-electron chi connectivity index (χ1n) is 8.28. The number of anilines is 1. The lowest BCUT2D eigenvalue weighted by Gasteiger charge is -2.21. The van der Waals surface area contributed by atoms with Crippen molar-refractivity contribution in [1.82, 2.24) is 14.3 Å². The molecule has 7 heteroatoms. The van der Waals surface area contributed by atoms with Crippen molar-refractivity contribution in [3.63, 3.8) is 0 Å². The van der Waals surface area contributed by atoms with Gasteiger partial charge in [-0.1, -0.05) is 23.7 Å². The van der Waals surface area contributed by atoms with Crippen LogP contribution in [0.1, 0.15) is 17.8 Å². The van der Waals surface area contributed by atoms with Gasteiger partial charge in [-0.05, 0) is 24.1 Å². The quantitative estimate of drug-likeness (QED) is 0.785. The Hall–Kier alpha value is -1.21. The van der Waals surface area contributed by atoms with Crippen LogP contribution in [0.15, 0.2) is 24.3 Å². The Balaban J connectivity index is 1.54. The first kappa shape index (κ1) is 17.6. The molecular weight excluding hydrogens is 344 g/mol. The minimum Gasteiger partial charge on any atom is -0.384 e. The average Bonchev–Trinajstić information content (AvgIpc) is 2.94. The minimum atomic E-state index is 0.672. The highest BCUT2D eigenvalue weighted by Gasteiger charge is 2.18. The summed E-state index contributed by atoms with van der Waals surface area (Å²) in [6.45, 7) is 5.82. The Morgan fingerprint density at radius 2 is 2.00 bits per heavy atom. The predicted octanol–water partition coefficient (Wildman–Crippen LogP) is 3.09. The number of hydrogen-bond acceptors (Lipinski definition) is 6. The number of hydrogen-bond donors (Lipinski definition) is 0. The molecule has 0 aliphatic carbocycles.